The summed E-state index contributed by atoms with van der Waals surface area (Å²) in [6.07, 6.45) is 0. The molecule has 0 bridgehead atoms. The van der Waals surface area contributed by atoms with Crippen LogP contribution in [-0.2, 0) is 6.54 Å². The number of nitro benzene ring substituents is 2. The van der Waals surface area contributed by atoms with Crippen LogP contribution in [0.1, 0.15) is 5.56 Å². The molecule has 0 atom stereocenters. The molecule has 0 amide bonds. The summed E-state index contributed by atoms with van der Waals surface area (Å²) in [6.45, 7) is 0.513. The molecule has 2 heterocycles. The van der Waals surface area contributed by atoms with Crippen LogP contribution < -0.4 is 14.3 Å². The molecule has 3 aromatic carbocycles. The van der Waals surface area contributed by atoms with E-state index >= 15 is 0 Å². The molecule has 0 saturated carbocycles. The minimum atomic E-state index is -0.476. The number of aromatic nitrogens is 1. The van der Waals surface area contributed by atoms with Crippen molar-refractivity contribution in [1.29, 1.82) is 0 Å². The number of hydrogen-bond donors (Lipinski definition) is 0. The Morgan fingerprint density at radius 2 is 1.76 bits per heavy atom. The summed E-state index contributed by atoms with van der Waals surface area (Å²) in [5, 5.41) is 24.6. The van der Waals surface area contributed by atoms with Gasteiger partial charge in [0.2, 0.25) is 6.79 Å². The first-order valence-corrected chi connectivity index (χ1v) is 11.0. The van der Waals surface area contributed by atoms with Crippen molar-refractivity contribution in [2.75, 3.05) is 6.79 Å². The van der Waals surface area contributed by atoms with Crippen molar-refractivity contribution in [2.24, 2.45) is 4.99 Å². The summed E-state index contributed by atoms with van der Waals surface area (Å²) in [5.41, 5.74) is 2.30. The summed E-state index contributed by atoms with van der Waals surface area (Å²) in [5.74, 6) is 1.28. The predicted molar refractivity (Wildman–Crippen MR) is 124 cm³/mol. The standard InChI is InChI=1S/C23H16N4O6S/c28-26(29)17-5-3-4-16(11-17)20-13-34-23(24-18-6-1-2-7-19(18)27(30)31)25(20)12-15-8-9-21-22(10-15)33-14-32-21/h1-11,13H,12,14H2. The molecule has 1 aromatic heterocycles. The quantitative estimate of drug-likeness (QED) is 0.284. The highest BCUT2D eigenvalue weighted by atomic mass is 32.1. The van der Waals surface area contributed by atoms with Gasteiger partial charge in [0.15, 0.2) is 16.3 Å². The molecule has 4 aromatic rings. The fourth-order valence-electron chi connectivity index (χ4n) is 3.62. The zero-order valence-corrected chi connectivity index (χ0v) is 18.3. The fourth-order valence-corrected chi connectivity index (χ4v) is 4.54. The largest absolute Gasteiger partial charge is 0.454 e. The lowest BCUT2D eigenvalue weighted by Gasteiger charge is -2.10. The Morgan fingerprint density at radius 1 is 0.941 bits per heavy atom. The number of hydrogen-bond acceptors (Lipinski definition) is 8. The fraction of sp³-hybridized carbons (Fsp3) is 0.0870. The molecule has 0 N–H and O–H groups in total. The Labute approximate surface area is 196 Å². The highest BCUT2D eigenvalue weighted by Gasteiger charge is 2.17. The number of nitro groups is 2. The van der Waals surface area contributed by atoms with E-state index < -0.39 is 9.85 Å². The number of non-ortho nitro benzene ring substituents is 1. The van der Waals surface area contributed by atoms with Gasteiger partial charge in [-0.25, -0.2) is 4.99 Å². The molecule has 1 aliphatic rings. The summed E-state index contributed by atoms with van der Waals surface area (Å²) in [6, 6.07) is 18.1. The topological polar surface area (TPSA) is 122 Å². The third-order valence-corrected chi connectivity index (χ3v) is 6.09. The Balaban J connectivity index is 1.66. The van der Waals surface area contributed by atoms with Gasteiger partial charge in [-0.15, -0.1) is 11.3 Å². The monoisotopic (exact) mass is 476 g/mol. The van der Waals surface area contributed by atoms with Crippen LogP contribution in [0.3, 0.4) is 0 Å². The van der Waals surface area contributed by atoms with Crippen molar-refractivity contribution in [2.45, 2.75) is 6.54 Å². The molecule has 0 spiro atoms. The first-order valence-electron chi connectivity index (χ1n) is 10.1. The molecular weight excluding hydrogens is 460 g/mol. The zero-order chi connectivity index (χ0) is 23.7. The Morgan fingerprint density at radius 3 is 2.59 bits per heavy atom. The van der Waals surface area contributed by atoms with Crippen molar-refractivity contribution in [1.82, 2.24) is 4.57 Å². The smallest absolute Gasteiger partial charge is 0.294 e. The normalized spacial score (nSPS) is 12.6. The van der Waals surface area contributed by atoms with Crippen LogP contribution in [0.15, 0.2) is 77.1 Å². The van der Waals surface area contributed by atoms with E-state index in [2.05, 4.69) is 4.99 Å². The van der Waals surface area contributed by atoms with Crippen LogP contribution in [0, 0.1) is 20.2 Å². The van der Waals surface area contributed by atoms with E-state index in [1.165, 1.54) is 29.5 Å². The molecule has 0 fully saturated rings. The lowest BCUT2D eigenvalue weighted by Crippen LogP contribution is -2.17. The third kappa shape index (κ3) is 4.11. The Kier molecular flexibility index (Phi) is 5.52. The number of para-hydroxylation sites is 2. The second-order valence-electron chi connectivity index (χ2n) is 7.34. The maximum absolute atomic E-state index is 11.5. The van der Waals surface area contributed by atoms with Gasteiger partial charge in [0.25, 0.3) is 11.4 Å². The van der Waals surface area contributed by atoms with Gasteiger partial charge in [-0.05, 0) is 23.8 Å². The summed E-state index contributed by atoms with van der Waals surface area (Å²) in [7, 11) is 0. The first kappa shape index (κ1) is 21.3. The van der Waals surface area contributed by atoms with Gasteiger partial charge in [0, 0.05) is 29.1 Å². The minimum Gasteiger partial charge on any atom is -0.454 e. The molecular formula is C23H16N4O6S. The van der Waals surface area contributed by atoms with Gasteiger partial charge in [-0.2, -0.15) is 0 Å². The number of rotatable bonds is 6. The van der Waals surface area contributed by atoms with Crippen molar-refractivity contribution in [3.63, 3.8) is 0 Å². The van der Waals surface area contributed by atoms with Crippen LogP contribution in [0.4, 0.5) is 17.1 Å². The van der Waals surface area contributed by atoms with Crippen LogP contribution in [-0.4, -0.2) is 21.2 Å². The lowest BCUT2D eigenvalue weighted by molar-refractivity contribution is -0.384. The Hall–Kier alpha value is -4.51. The highest BCUT2D eigenvalue weighted by molar-refractivity contribution is 7.07. The third-order valence-electron chi connectivity index (χ3n) is 5.22. The van der Waals surface area contributed by atoms with Crippen LogP contribution in [0.5, 0.6) is 11.5 Å². The molecule has 0 saturated heterocycles. The number of ether oxygens (including phenoxy) is 2. The van der Waals surface area contributed by atoms with E-state index in [4.69, 9.17) is 9.47 Å². The molecule has 170 valence electrons. The SMILES string of the molecule is O=[N+]([O-])c1cccc(-c2csc(=Nc3ccccc3[N+](=O)[O-])n2Cc2ccc3c(c2)OCO3)c1. The van der Waals surface area contributed by atoms with Crippen LogP contribution in [0.25, 0.3) is 11.3 Å². The van der Waals surface area contributed by atoms with Gasteiger partial charge < -0.3 is 14.0 Å². The minimum absolute atomic E-state index is 0.0319. The molecule has 0 radical (unpaired) electrons. The lowest BCUT2D eigenvalue weighted by atomic mass is 10.1. The van der Waals surface area contributed by atoms with E-state index in [-0.39, 0.29) is 23.9 Å². The van der Waals surface area contributed by atoms with E-state index in [0.29, 0.717) is 34.1 Å². The second-order valence-corrected chi connectivity index (χ2v) is 8.18. The zero-order valence-electron chi connectivity index (χ0n) is 17.5. The van der Waals surface area contributed by atoms with E-state index in [0.717, 1.165) is 5.56 Å². The van der Waals surface area contributed by atoms with Crippen molar-refractivity contribution in [3.8, 4) is 22.8 Å². The second kappa shape index (κ2) is 8.79. The van der Waals surface area contributed by atoms with Crippen LogP contribution in [0.2, 0.25) is 0 Å². The van der Waals surface area contributed by atoms with Crippen LogP contribution >= 0.6 is 11.3 Å². The molecule has 10 nitrogen and oxygen atoms in total. The van der Waals surface area contributed by atoms with Gasteiger partial charge in [-0.1, -0.05) is 30.3 Å². The summed E-state index contributed by atoms with van der Waals surface area (Å²) >= 11 is 1.29. The van der Waals surface area contributed by atoms with Crippen molar-refractivity contribution >= 4 is 28.4 Å². The van der Waals surface area contributed by atoms with E-state index in [9.17, 15) is 20.2 Å². The van der Waals surface area contributed by atoms with E-state index in [1.54, 1.807) is 30.3 Å². The number of benzene rings is 3. The van der Waals surface area contributed by atoms with Gasteiger partial charge in [0.05, 0.1) is 22.1 Å². The van der Waals surface area contributed by atoms with Gasteiger partial charge in [-0.3, -0.25) is 20.2 Å². The van der Waals surface area contributed by atoms with Gasteiger partial charge in [0.1, 0.15) is 5.69 Å². The summed E-state index contributed by atoms with van der Waals surface area (Å²) < 4.78 is 12.7. The summed E-state index contributed by atoms with van der Waals surface area (Å²) in [4.78, 5) is 27.0. The van der Waals surface area contributed by atoms with Crippen molar-refractivity contribution in [3.05, 3.63) is 103 Å². The van der Waals surface area contributed by atoms with E-state index in [1.807, 2.05) is 28.1 Å². The molecule has 11 heteroatoms. The Bertz CT molecular complexity index is 1490. The molecule has 0 unspecified atom stereocenters. The molecule has 5 rings (SSSR count). The van der Waals surface area contributed by atoms with Crippen molar-refractivity contribution < 1.29 is 19.3 Å². The molecule has 1 aliphatic heterocycles. The maximum Gasteiger partial charge on any atom is 0.294 e. The predicted octanol–water partition coefficient (Wildman–Crippen LogP) is 5.04. The number of nitrogens with zero attached hydrogens (tertiary/aromatic N) is 4. The maximum atomic E-state index is 11.5. The highest BCUT2D eigenvalue weighted by Crippen LogP contribution is 2.33. The number of thiazole rings is 1. The average molecular weight is 476 g/mol. The molecule has 0 aliphatic carbocycles. The molecule has 34 heavy (non-hydrogen) atoms. The van der Waals surface area contributed by atoms with Gasteiger partial charge >= 0.3 is 0 Å². The average Bonchev–Trinajstić information content (AvgIpc) is 3.46. The first-order chi connectivity index (χ1) is 16.5. The number of fused-ring (bicyclic) bond motifs is 1.